The normalized spacial score (nSPS) is 16.2. The topological polar surface area (TPSA) is 59.0 Å². The largest absolute Gasteiger partial charge is 0.492 e. The molecule has 1 saturated heterocycles. The third-order valence-electron chi connectivity index (χ3n) is 3.34. The summed E-state index contributed by atoms with van der Waals surface area (Å²) in [6.07, 6.45) is 2.70. The number of aryl methyl sites for hydroxylation is 1. The fourth-order valence-electron chi connectivity index (χ4n) is 2.20. The summed E-state index contributed by atoms with van der Waals surface area (Å²) in [6.45, 7) is 6.81. The van der Waals surface area contributed by atoms with Crippen molar-refractivity contribution in [3.8, 4) is 5.75 Å². The first-order chi connectivity index (χ1) is 10.1. The average molecular weight is 291 g/mol. The van der Waals surface area contributed by atoms with Gasteiger partial charge in [-0.25, -0.2) is 4.79 Å². The predicted octanol–water partition coefficient (Wildman–Crippen LogP) is 1.80. The lowest BCUT2D eigenvalue weighted by Gasteiger charge is -2.26. The molecule has 1 aromatic carbocycles. The maximum atomic E-state index is 10.6. The van der Waals surface area contributed by atoms with Crippen LogP contribution in [0.2, 0.25) is 0 Å². The first-order valence-corrected chi connectivity index (χ1v) is 7.10. The Morgan fingerprint density at radius 1 is 1.43 bits per heavy atom. The van der Waals surface area contributed by atoms with Gasteiger partial charge in [-0.2, -0.15) is 0 Å². The zero-order valence-electron chi connectivity index (χ0n) is 12.2. The van der Waals surface area contributed by atoms with Gasteiger partial charge in [0.25, 0.3) is 0 Å². The molecule has 0 amide bonds. The van der Waals surface area contributed by atoms with E-state index in [1.165, 1.54) is 0 Å². The van der Waals surface area contributed by atoms with Crippen molar-refractivity contribution >= 4 is 12.0 Å². The number of benzene rings is 1. The molecule has 0 spiro atoms. The highest BCUT2D eigenvalue weighted by Gasteiger charge is 2.10. The summed E-state index contributed by atoms with van der Waals surface area (Å²) < 4.78 is 11.1. The van der Waals surface area contributed by atoms with Gasteiger partial charge < -0.3 is 14.6 Å². The van der Waals surface area contributed by atoms with Crippen LogP contribution < -0.4 is 4.74 Å². The van der Waals surface area contributed by atoms with Gasteiger partial charge in [0, 0.05) is 31.3 Å². The molecule has 0 aromatic heterocycles. The van der Waals surface area contributed by atoms with Crippen LogP contribution in [0, 0.1) is 6.92 Å². The summed E-state index contributed by atoms with van der Waals surface area (Å²) in [7, 11) is 0. The van der Waals surface area contributed by atoms with Crippen LogP contribution in [0.3, 0.4) is 0 Å². The number of carbonyl (C=O) groups is 1. The van der Waals surface area contributed by atoms with Crippen LogP contribution in [-0.4, -0.2) is 55.4 Å². The van der Waals surface area contributed by atoms with Gasteiger partial charge in [0.15, 0.2) is 0 Å². The molecular formula is C16H21NO4. The highest BCUT2D eigenvalue weighted by atomic mass is 16.5. The first kappa shape index (κ1) is 15.5. The van der Waals surface area contributed by atoms with Crippen LogP contribution in [0.4, 0.5) is 0 Å². The Balaban J connectivity index is 1.93. The number of nitrogens with zero attached hydrogens (tertiary/aromatic N) is 1. The van der Waals surface area contributed by atoms with Crippen LogP contribution in [-0.2, 0) is 9.53 Å². The average Bonchev–Trinajstić information content (AvgIpc) is 2.48. The van der Waals surface area contributed by atoms with Crippen LogP contribution in [0.1, 0.15) is 11.1 Å². The minimum atomic E-state index is -0.962. The molecular weight excluding hydrogens is 270 g/mol. The van der Waals surface area contributed by atoms with E-state index in [1.807, 2.05) is 25.1 Å². The second-order valence-corrected chi connectivity index (χ2v) is 5.02. The fraction of sp³-hybridized carbons (Fsp3) is 0.438. The van der Waals surface area contributed by atoms with Crippen molar-refractivity contribution in [3.63, 3.8) is 0 Å². The first-order valence-electron chi connectivity index (χ1n) is 7.10. The van der Waals surface area contributed by atoms with Gasteiger partial charge in [-0.1, -0.05) is 11.6 Å². The smallest absolute Gasteiger partial charge is 0.328 e. The molecule has 0 radical (unpaired) electrons. The fourth-order valence-corrected chi connectivity index (χ4v) is 2.20. The van der Waals surface area contributed by atoms with Crippen LogP contribution in [0.25, 0.3) is 6.08 Å². The van der Waals surface area contributed by atoms with E-state index < -0.39 is 5.97 Å². The van der Waals surface area contributed by atoms with E-state index >= 15 is 0 Å². The number of morpholine rings is 1. The van der Waals surface area contributed by atoms with E-state index in [0.29, 0.717) is 12.4 Å². The lowest BCUT2D eigenvalue weighted by molar-refractivity contribution is -0.131. The third-order valence-corrected chi connectivity index (χ3v) is 3.34. The van der Waals surface area contributed by atoms with Crippen LogP contribution >= 0.6 is 0 Å². The molecule has 5 nitrogen and oxygen atoms in total. The van der Waals surface area contributed by atoms with E-state index in [2.05, 4.69) is 4.90 Å². The number of aliphatic carboxylic acids is 1. The van der Waals surface area contributed by atoms with E-state index in [9.17, 15) is 4.79 Å². The molecule has 0 atom stereocenters. The summed E-state index contributed by atoms with van der Waals surface area (Å²) in [5.41, 5.74) is 1.86. The zero-order valence-corrected chi connectivity index (χ0v) is 12.2. The van der Waals surface area contributed by atoms with Crippen molar-refractivity contribution in [1.82, 2.24) is 4.90 Å². The molecule has 1 aromatic rings. The number of ether oxygens (including phenoxy) is 2. The highest BCUT2D eigenvalue weighted by molar-refractivity contribution is 5.85. The molecule has 21 heavy (non-hydrogen) atoms. The number of hydrogen-bond acceptors (Lipinski definition) is 4. The lowest BCUT2D eigenvalue weighted by Crippen LogP contribution is -2.38. The molecule has 1 N–H and O–H groups in total. The SMILES string of the molecule is Cc1ccc(OCCN2CCOCC2)c(C=CC(=O)O)c1. The van der Waals surface area contributed by atoms with Gasteiger partial charge in [0.2, 0.25) is 0 Å². The van der Waals surface area contributed by atoms with E-state index in [4.69, 9.17) is 14.6 Å². The summed E-state index contributed by atoms with van der Waals surface area (Å²) in [6, 6.07) is 5.77. The van der Waals surface area contributed by atoms with E-state index in [0.717, 1.165) is 50.1 Å². The maximum Gasteiger partial charge on any atom is 0.328 e. The maximum absolute atomic E-state index is 10.6. The molecule has 1 aliphatic heterocycles. The van der Waals surface area contributed by atoms with Gasteiger partial charge in [-0.3, -0.25) is 4.90 Å². The predicted molar refractivity (Wildman–Crippen MR) is 80.6 cm³/mol. The number of rotatable bonds is 6. The third kappa shape index (κ3) is 5.21. The second-order valence-electron chi connectivity index (χ2n) is 5.02. The second kappa shape index (κ2) is 7.81. The van der Waals surface area contributed by atoms with Gasteiger partial charge >= 0.3 is 5.97 Å². The molecule has 114 valence electrons. The highest BCUT2D eigenvalue weighted by Crippen LogP contribution is 2.21. The van der Waals surface area contributed by atoms with Crippen molar-refractivity contribution in [2.75, 3.05) is 39.5 Å². The summed E-state index contributed by atoms with van der Waals surface area (Å²) in [4.78, 5) is 12.9. The Labute approximate surface area is 124 Å². The van der Waals surface area contributed by atoms with E-state index in [1.54, 1.807) is 6.08 Å². The Morgan fingerprint density at radius 3 is 2.90 bits per heavy atom. The molecule has 1 aliphatic rings. The lowest BCUT2D eigenvalue weighted by atomic mass is 10.1. The summed E-state index contributed by atoms with van der Waals surface area (Å²) in [5, 5.41) is 8.74. The van der Waals surface area contributed by atoms with Gasteiger partial charge in [0.1, 0.15) is 12.4 Å². The summed E-state index contributed by atoms with van der Waals surface area (Å²) in [5.74, 6) is -0.248. The van der Waals surface area contributed by atoms with Crippen molar-refractivity contribution in [2.24, 2.45) is 0 Å². The Morgan fingerprint density at radius 2 is 2.19 bits per heavy atom. The van der Waals surface area contributed by atoms with Gasteiger partial charge in [-0.15, -0.1) is 0 Å². The molecule has 0 bridgehead atoms. The van der Waals surface area contributed by atoms with Gasteiger partial charge in [-0.05, 0) is 25.1 Å². The van der Waals surface area contributed by atoms with Crippen molar-refractivity contribution in [1.29, 1.82) is 0 Å². The van der Waals surface area contributed by atoms with Gasteiger partial charge in [0.05, 0.1) is 13.2 Å². The summed E-state index contributed by atoms with van der Waals surface area (Å²) >= 11 is 0. The zero-order chi connectivity index (χ0) is 15.1. The molecule has 1 heterocycles. The van der Waals surface area contributed by atoms with Crippen molar-refractivity contribution in [2.45, 2.75) is 6.92 Å². The molecule has 0 unspecified atom stereocenters. The minimum Gasteiger partial charge on any atom is -0.492 e. The molecule has 2 rings (SSSR count). The molecule has 0 aliphatic carbocycles. The van der Waals surface area contributed by atoms with Crippen LogP contribution in [0.5, 0.6) is 5.75 Å². The van der Waals surface area contributed by atoms with E-state index in [-0.39, 0.29) is 0 Å². The Kier molecular flexibility index (Phi) is 5.78. The number of carboxylic acid groups (broad SMARTS) is 1. The van der Waals surface area contributed by atoms with Crippen molar-refractivity contribution in [3.05, 3.63) is 35.4 Å². The Hall–Kier alpha value is -1.85. The molecule has 0 saturated carbocycles. The Bertz CT molecular complexity index is 507. The minimum absolute atomic E-state index is 0.580. The molecule has 5 heteroatoms. The van der Waals surface area contributed by atoms with Crippen LogP contribution in [0.15, 0.2) is 24.3 Å². The number of carboxylic acids is 1. The monoisotopic (exact) mass is 291 g/mol. The number of hydrogen-bond donors (Lipinski definition) is 1. The molecule has 1 fully saturated rings. The standard InChI is InChI=1S/C16H21NO4/c1-13-2-4-15(14(12-13)3-5-16(18)19)21-11-8-17-6-9-20-10-7-17/h2-5,12H,6-11H2,1H3,(H,18,19). The van der Waals surface area contributed by atoms with Crippen molar-refractivity contribution < 1.29 is 19.4 Å². The quantitative estimate of drug-likeness (QED) is 0.810.